The highest BCUT2D eigenvalue weighted by Gasteiger charge is 2.34. The Morgan fingerprint density at radius 3 is 2.77 bits per heavy atom. The molecule has 2 heterocycles. The number of thioether (sulfide) groups is 1. The normalized spacial score (nSPS) is 17.7. The number of nitrogens with zero attached hydrogens (tertiary/aromatic N) is 2. The number of pyridine rings is 1. The minimum Gasteiger partial charge on any atom is -0.469 e. The molecule has 26 heavy (non-hydrogen) atoms. The summed E-state index contributed by atoms with van der Waals surface area (Å²) >= 11 is 6.59. The molecule has 1 atom stereocenters. The lowest BCUT2D eigenvalue weighted by molar-refractivity contribution is -0.156. The summed E-state index contributed by atoms with van der Waals surface area (Å²) < 4.78 is 42.3. The number of esters is 1. The van der Waals surface area contributed by atoms with Gasteiger partial charge in [0.25, 0.3) is 5.91 Å². The summed E-state index contributed by atoms with van der Waals surface area (Å²) in [5.41, 5.74) is 1.33. The number of hydrazine groups is 1. The molecule has 12 heteroatoms. The second-order valence-electron chi connectivity index (χ2n) is 5.26. The molecule has 0 aromatic carbocycles. The molecule has 1 aliphatic heterocycles. The van der Waals surface area contributed by atoms with Gasteiger partial charge >= 0.3 is 12.1 Å². The number of halogens is 4. The SMILES string of the molecule is COC(=O)[C@H]1CC(=O)NN(C(=O)CSc2ncc(C(F)(F)F)cc2Cl)C1. The summed E-state index contributed by atoms with van der Waals surface area (Å²) in [6.45, 7) is -0.0635. The Kier molecular flexibility index (Phi) is 6.34. The molecule has 0 saturated carbocycles. The molecule has 0 bridgehead atoms. The smallest absolute Gasteiger partial charge is 0.417 e. The van der Waals surface area contributed by atoms with E-state index >= 15 is 0 Å². The lowest BCUT2D eigenvalue weighted by Gasteiger charge is -2.31. The number of ether oxygens (including phenoxy) is 1. The van der Waals surface area contributed by atoms with Gasteiger partial charge in [0.2, 0.25) is 5.91 Å². The van der Waals surface area contributed by atoms with Crippen LogP contribution in [0.5, 0.6) is 0 Å². The topological polar surface area (TPSA) is 88.6 Å². The third-order valence-electron chi connectivity index (χ3n) is 3.40. The van der Waals surface area contributed by atoms with Crippen molar-refractivity contribution in [1.29, 1.82) is 0 Å². The van der Waals surface area contributed by atoms with Gasteiger partial charge in [-0.1, -0.05) is 23.4 Å². The van der Waals surface area contributed by atoms with Gasteiger partial charge in [0.05, 0.1) is 35.9 Å². The van der Waals surface area contributed by atoms with Gasteiger partial charge in [0.15, 0.2) is 0 Å². The van der Waals surface area contributed by atoms with E-state index in [0.29, 0.717) is 6.20 Å². The Hall–Kier alpha value is -2.01. The zero-order chi connectivity index (χ0) is 19.5. The van der Waals surface area contributed by atoms with E-state index in [1.165, 1.54) is 7.11 Å². The van der Waals surface area contributed by atoms with Crippen LogP contribution in [0.25, 0.3) is 0 Å². The van der Waals surface area contributed by atoms with Crippen molar-refractivity contribution >= 4 is 41.1 Å². The highest BCUT2D eigenvalue weighted by Crippen LogP contribution is 2.33. The average molecular weight is 412 g/mol. The van der Waals surface area contributed by atoms with Crippen molar-refractivity contribution < 1.29 is 32.3 Å². The van der Waals surface area contributed by atoms with Gasteiger partial charge in [-0.05, 0) is 6.07 Å². The number of alkyl halides is 3. The van der Waals surface area contributed by atoms with Crippen molar-refractivity contribution in [3.63, 3.8) is 0 Å². The first-order valence-electron chi connectivity index (χ1n) is 7.15. The molecule has 1 N–H and O–H groups in total. The van der Waals surface area contributed by atoms with E-state index in [4.69, 9.17) is 11.6 Å². The molecule has 1 fully saturated rings. The van der Waals surface area contributed by atoms with Crippen molar-refractivity contribution in [2.24, 2.45) is 5.92 Å². The number of methoxy groups -OCH3 is 1. The van der Waals surface area contributed by atoms with Crippen molar-refractivity contribution in [2.45, 2.75) is 17.6 Å². The van der Waals surface area contributed by atoms with Crippen LogP contribution in [0.2, 0.25) is 5.02 Å². The predicted octanol–water partition coefficient (Wildman–Crippen LogP) is 1.90. The molecule has 1 aromatic rings. The fourth-order valence-electron chi connectivity index (χ4n) is 2.13. The summed E-state index contributed by atoms with van der Waals surface area (Å²) in [4.78, 5) is 39.0. The van der Waals surface area contributed by atoms with Crippen molar-refractivity contribution in [2.75, 3.05) is 19.4 Å². The van der Waals surface area contributed by atoms with Gasteiger partial charge < -0.3 is 4.74 Å². The molecule has 0 unspecified atom stereocenters. The van der Waals surface area contributed by atoms with Crippen LogP contribution in [0, 0.1) is 5.92 Å². The lowest BCUT2D eigenvalue weighted by atomic mass is 10.0. The number of aromatic nitrogens is 1. The second-order valence-corrected chi connectivity index (χ2v) is 6.63. The van der Waals surface area contributed by atoms with Gasteiger partial charge in [-0.3, -0.25) is 24.8 Å². The number of hydrogen-bond acceptors (Lipinski definition) is 6. The van der Waals surface area contributed by atoms with E-state index in [9.17, 15) is 27.6 Å². The first kappa shape index (κ1) is 20.3. The van der Waals surface area contributed by atoms with E-state index in [2.05, 4.69) is 15.1 Å². The molecular weight excluding hydrogens is 399 g/mol. The third kappa shape index (κ3) is 5.01. The number of rotatable bonds is 4. The quantitative estimate of drug-likeness (QED) is 0.601. The van der Waals surface area contributed by atoms with Crippen molar-refractivity contribution in [3.8, 4) is 0 Å². The Labute approximate surface area is 155 Å². The number of amides is 2. The maximum atomic E-state index is 12.6. The number of hydrogen-bond donors (Lipinski definition) is 1. The van der Waals surface area contributed by atoms with E-state index in [-0.39, 0.29) is 28.8 Å². The lowest BCUT2D eigenvalue weighted by Crippen LogP contribution is -2.55. The molecule has 1 saturated heterocycles. The molecule has 2 amide bonds. The van der Waals surface area contributed by atoms with Gasteiger partial charge in [-0.2, -0.15) is 13.2 Å². The Bertz CT molecular complexity index is 732. The van der Waals surface area contributed by atoms with E-state index < -0.39 is 35.4 Å². The van der Waals surface area contributed by atoms with Crippen molar-refractivity contribution in [3.05, 3.63) is 22.8 Å². The first-order valence-corrected chi connectivity index (χ1v) is 8.51. The molecule has 142 valence electrons. The fourth-order valence-corrected chi connectivity index (χ4v) is 3.20. The molecule has 0 spiro atoms. The highest BCUT2D eigenvalue weighted by molar-refractivity contribution is 8.00. The van der Waals surface area contributed by atoms with Gasteiger partial charge in [0.1, 0.15) is 5.03 Å². The second kappa shape index (κ2) is 8.12. The largest absolute Gasteiger partial charge is 0.469 e. The zero-order valence-electron chi connectivity index (χ0n) is 13.3. The van der Waals surface area contributed by atoms with Gasteiger partial charge in [-0.25, -0.2) is 4.98 Å². The summed E-state index contributed by atoms with van der Waals surface area (Å²) in [6, 6.07) is 0.720. The van der Waals surface area contributed by atoms with Crippen LogP contribution in [-0.2, 0) is 25.3 Å². The predicted molar refractivity (Wildman–Crippen MR) is 85.0 cm³/mol. The highest BCUT2D eigenvalue weighted by atomic mass is 35.5. The number of carbonyl (C=O) groups is 3. The van der Waals surface area contributed by atoms with Crippen LogP contribution in [0.15, 0.2) is 17.3 Å². The maximum Gasteiger partial charge on any atom is 0.417 e. The first-order chi connectivity index (χ1) is 12.1. The fraction of sp³-hybridized carbons (Fsp3) is 0.429. The zero-order valence-corrected chi connectivity index (χ0v) is 14.9. The van der Waals surface area contributed by atoms with Crippen LogP contribution >= 0.6 is 23.4 Å². The van der Waals surface area contributed by atoms with Crippen molar-refractivity contribution in [1.82, 2.24) is 15.4 Å². The molecule has 2 rings (SSSR count). The number of nitrogens with one attached hydrogen (secondary N) is 1. The van der Waals surface area contributed by atoms with Gasteiger partial charge in [0, 0.05) is 12.6 Å². The van der Waals surface area contributed by atoms with Crippen LogP contribution in [0.4, 0.5) is 13.2 Å². The minimum absolute atomic E-state index is 0.0425. The summed E-state index contributed by atoms with van der Waals surface area (Å²) in [7, 11) is 1.18. The molecule has 1 aromatic heterocycles. The summed E-state index contributed by atoms with van der Waals surface area (Å²) in [5.74, 6) is -2.72. The standard InChI is InChI=1S/C14H13ClF3N3O4S/c1-25-13(24)7-2-10(22)20-21(5-7)11(23)6-26-12-9(15)3-8(4-19-12)14(16,17)18/h3-4,7H,2,5-6H2,1H3,(H,20,22)/t7-/m0/s1. The Morgan fingerprint density at radius 1 is 1.50 bits per heavy atom. The van der Waals surface area contributed by atoms with Crippen LogP contribution < -0.4 is 5.43 Å². The molecule has 1 aliphatic rings. The molecule has 0 radical (unpaired) electrons. The summed E-state index contributed by atoms with van der Waals surface area (Å²) in [6.07, 6.45) is -4.05. The minimum atomic E-state index is -4.57. The van der Waals surface area contributed by atoms with Crippen LogP contribution in [0.1, 0.15) is 12.0 Å². The van der Waals surface area contributed by atoms with E-state index in [1.54, 1.807) is 0 Å². The maximum absolute atomic E-state index is 12.6. The van der Waals surface area contributed by atoms with Crippen LogP contribution in [0.3, 0.4) is 0 Å². The Balaban J connectivity index is 2.00. The summed E-state index contributed by atoms with van der Waals surface area (Å²) in [5, 5.41) is 0.770. The van der Waals surface area contributed by atoms with Crippen LogP contribution in [-0.4, -0.2) is 47.2 Å². The third-order valence-corrected chi connectivity index (χ3v) is 4.79. The Morgan fingerprint density at radius 2 is 2.19 bits per heavy atom. The molecular formula is C14H13ClF3N3O4S. The molecule has 0 aliphatic carbocycles. The van der Waals surface area contributed by atoms with E-state index in [1.807, 2.05) is 0 Å². The molecule has 7 nitrogen and oxygen atoms in total. The number of carbonyl (C=O) groups excluding carboxylic acids is 3. The van der Waals surface area contributed by atoms with Gasteiger partial charge in [-0.15, -0.1) is 0 Å². The monoisotopic (exact) mass is 411 g/mol. The van der Waals surface area contributed by atoms with E-state index in [0.717, 1.165) is 22.8 Å². The average Bonchev–Trinajstić information content (AvgIpc) is 2.58.